The molecule has 0 amide bonds. The highest BCUT2D eigenvalue weighted by molar-refractivity contribution is 5.40. The SMILES string of the molecule is Cc1cccc(-n2ccnc(NCc3ccccc3)c2=O)c1. The van der Waals surface area contributed by atoms with E-state index in [9.17, 15) is 4.79 Å². The summed E-state index contributed by atoms with van der Waals surface area (Å²) in [6.45, 7) is 2.57. The third-order valence-electron chi connectivity index (χ3n) is 3.42. The second kappa shape index (κ2) is 6.26. The Kier molecular flexibility index (Phi) is 4.01. The van der Waals surface area contributed by atoms with Crippen LogP contribution >= 0.6 is 0 Å². The molecule has 22 heavy (non-hydrogen) atoms. The number of hydrogen-bond donors (Lipinski definition) is 1. The van der Waals surface area contributed by atoms with Crippen molar-refractivity contribution < 1.29 is 0 Å². The predicted molar refractivity (Wildman–Crippen MR) is 88.3 cm³/mol. The van der Waals surface area contributed by atoms with E-state index >= 15 is 0 Å². The van der Waals surface area contributed by atoms with E-state index in [1.807, 2.05) is 61.5 Å². The van der Waals surface area contributed by atoms with E-state index in [-0.39, 0.29) is 5.56 Å². The van der Waals surface area contributed by atoms with Crippen molar-refractivity contribution in [2.24, 2.45) is 0 Å². The Morgan fingerprint density at radius 1 is 1.09 bits per heavy atom. The molecule has 0 aliphatic rings. The molecule has 1 N–H and O–H groups in total. The molecule has 0 unspecified atom stereocenters. The first-order chi connectivity index (χ1) is 10.7. The van der Waals surface area contributed by atoms with Crippen LogP contribution < -0.4 is 10.9 Å². The number of anilines is 1. The standard InChI is InChI=1S/C18H17N3O/c1-14-6-5-9-16(12-14)21-11-10-19-17(18(21)22)20-13-15-7-3-2-4-8-15/h2-12H,13H2,1H3,(H,19,20). The van der Waals surface area contributed by atoms with Crippen LogP contribution in [0.25, 0.3) is 5.69 Å². The Morgan fingerprint density at radius 3 is 2.68 bits per heavy atom. The van der Waals surface area contributed by atoms with E-state index in [0.717, 1.165) is 16.8 Å². The van der Waals surface area contributed by atoms with Gasteiger partial charge in [0.2, 0.25) is 0 Å². The molecule has 0 spiro atoms. The van der Waals surface area contributed by atoms with E-state index in [2.05, 4.69) is 10.3 Å². The summed E-state index contributed by atoms with van der Waals surface area (Å²) in [7, 11) is 0. The minimum atomic E-state index is -0.149. The summed E-state index contributed by atoms with van der Waals surface area (Å²) in [5.41, 5.74) is 2.91. The van der Waals surface area contributed by atoms with Gasteiger partial charge >= 0.3 is 0 Å². The van der Waals surface area contributed by atoms with Gasteiger partial charge in [0.1, 0.15) is 0 Å². The summed E-state index contributed by atoms with van der Waals surface area (Å²) in [4.78, 5) is 16.7. The first-order valence-corrected chi connectivity index (χ1v) is 7.16. The van der Waals surface area contributed by atoms with E-state index < -0.39 is 0 Å². The first kappa shape index (κ1) is 14.1. The molecule has 1 aromatic heterocycles. The first-order valence-electron chi connectivity index (χ1n) is 7.16. The Labute approximate surface area is 129 Å². The third-order valence-corrected chi connectivity index (χ3v) is 3.42. The highest BCUT2D eigenvalue weighted by Crippen LogP contribution is 2.09. The van der Waals surface area contributed by atoms with Crippen LogP contribution in [0.4, 0.5) is 5.82 Å². The Hall–Kier alpha value is -2.88. The van der Waals surface area contributed by atoms with Gasteiger partial charge in [-0.25, -0.2) is 4.98 Å². The van der Waals surface area contributed by atoms with Crippen LogP contribution in [-0.2, 0) is 6.54 Å². The molecule has 4 heteroatoms. The highest BCUT2D eigenvalue weighted by atomic mass is 16.1. The molecule has 0 saturated heterocycles. The van der Waals surface area contributed by atoms with E-state index in [1.54, 1.807) is 17.0 Å². The topological polar surface area (TPSA) is 46.9 Å². The number of benzene rings is 2. The average Bonchev–Trinajstić information content (AvgIpc) is 2.55. The summed E-state index contributed by atoms with van der Waals surface area (Å²) in [5.74, 6) is 0.354. The number of nitrogens with one attached hydrogen (secondary N) is 1. The van der Waals surface area contributed by atoms with Gasteiger partial charge in [0.15, 0.2) is 5.82 Å². The van der Waals surface area contributed by atoms with Crippen molar-refractivity contribution in [1.29, 1.82) is 0 Å². The normalized spacial score (nSPS) is 10.4. The molecule has 0 bridgehead atoms. The Morgan fingerprint density at radius 2 is 1.91 bits per heavy atom. The molecular weight excluding hydrogens is 274 g/mol. The van der Waals surface area contributed by atoms with Crippen molar-refractivity contribution in [3.8, 4) is 5.69 Å². The number of hydrogen-bond acceptors (Lipinski definition) is 3. The average molecular weight is 291 g/mol. The van der Waals surface area contributed by atoms with Crippen LogP contribution in [0.1, 0.15) is 11.1 Å². The lowest BCUT2D eigenvalue weighted by atomic mass is 10.2. The fourth-order valence-corrected chi connectivity index (χ4v) is 2.30. The quantitative estimate of drug-likeness (QED) is 0.803. The Bertz CT molecular complexity index is 825. The van der Waals surface area contributed by atoms with E-state index in [1.165, 1.54) is 0 Å². The second-order valence-electron chi connectivity index (χ2n) is 5.13. The summed E-state index contributed by atoms with van der Waals surface area (Å²) in [5, 5.41) is 3.11. The molecule has 2 aromatic carbocycles. The van der Waals surface area contributed by atoms with Gasteiger partial charge in [-0.15, -0.1) is 0 Å². The molecule has 0 radical (unpaired) electrons. The van der Waals surface area contributed by atoms with Crippen molar-refractivity contribution in [2.75, 3.05) is 5.32 Å². The van der Waals surface area contributed by atoms with Crippen molar-refractivity contribution in [3.05, 3.63) is 88.5 Å². The summed E-state index contributed by atoms with van der Waals surface area (Å²) < 4.78 is 1.60. The minimum Gasteiger partial charge on any atom is -0.361 e. The summed E-state index contributed by atoms with van der Waals surface area (Å²) in [6, 6.07) is 17.8. The zero-order valence-electron chi connectivity index (χ0n) is 12.4. The smallest absolute Gasteiger partial charge is 0.297 e. The monoisotopic (exact) mass is 291 g/mol. The predicted octanol–water partition coefficient (Wildman–Crippen LogP) is 3.15. The molecule has 0 aliphatic carbocycles. The lowest BCUT2D eigenvalue weighted by molar-refractivity contribution is 0.943. The summed E-state index contributed by atoms with van der Waals surface area (Å²) >= 11 is 0. The summed E-state index contributed by atoms with van der Waals surface area (Å²) in [6.07, 6.45) is 3.32. The van der Waals surface area contributed by atoms with Gasteiger partial charge in [0.25, 0.3) is 5.56 Å². The third kappa shape index (κ3) is 3.06. The molecule has 110 valence electrons. The van der Waals surface area contributed by atoms with Gasteiger partial charge in [-0.3, -0.25) is 9.36 Å². The van der Waals surface area contributed by atoms with Gasteiger partial charge in [-0.05, 0) is 30.2 Å². The van der Waals surface area contributed by atoms with Gasteiger partial charge in [-0.1, -0.05) is 42.5 Å². The van der Waals surface area contributed by atoms with Gasteiger partial charge in [0, 0.05) is 24.6 Å². The molecule has 0 saturated carbocycles. The lowest BCUT2D eigenvalue weighted by Gasteiger charge is -2.09. The molecule has 0 aliphatic heterocycles. The van der Waals surface area contributed by atoms with Gasteiger partial charge < -0.3 is 5.32 Å². The fourth-order valence-electron chi connectivity index (χ4n) is 2.30. The van der Waals surface area contributed by atoms with Gasteiger partial charge in [0.05, 0.1) is 0 Å². The molecular formula is C18H17N3O. The van der Waals surface area contributed by atoms with Crippen molar-refractivity contribution >= 4 is 5.82 Å². The number of aryl methyl sites for hydroxylation is 1. The largest absolute Gasteiger partial charge is 0.361 e. The van der Waals surface area contributed by atoms with Crippen molar-refractivity contribution in [3.63, 3.8) is 0 Å². The molecule has 4 nitrogen and oxygen atoms in total. The second-order valence-corrected chi connectivity index (χ2v) is 5.13. The van der Waals surface area contributed by atoms with E-state index in [0.29, 0.717) is 12.4 Å². The van der Waals surface area contributed by atoms with Crippen LogP contribution in [0.3, 0.4) is 0 Å². The molecule has 0 atom stereocenters. The maximum Gasteiger partial charge on any atom is 0.297 e. The number of rotatable bonds is 4. The lowest BCUT2D eigenvalue weighted by Crippen LogP contribution is -2.23. The van der Waals surface area contributed by atoms with Crippen LogP contribution in [-0.4, -0.2) is 9.55 Å². The molecule has 3 rings (SSSR count). The zero-order chi connectivity index (χ0) is 15.4. The molecule has 1 heterocycles. The number of aromatic nitrogens is 2. The van der Waals surface area contributed by atoms with Gasteiger partial charge in [-0.2, -0.15) is 0 Å². The Balaban J connectivity index is 1.88. The molecule has 0 fully saturated rings. The number of nitrogens with zero attached hydrogens (tertiary/aromatic N) is 2. The van der Waals surface area contributed by atoms with Crippen LogP contribution in [0.5, 0.6) is 0 Å². The van der Waals surface area contributed by atoms with Crippen molar-refractivity contribution in [1.82, 2.24) is 9.55 Å². The highest BCUT2D eigenvalue weighted by Gasteiger charge is 2.06. The van der Waals surface area contributed by atoms with E-state index in [4.69, 9.17) is 0 Å². The van der Waals surface area contributed by atoms with Crippen LogP contribution in [0, 0.1) is 6.92 Å². The fraction of sp³-hybridized carbons (Fsp3) is 0.111. The molecule has 3 aromatic rings. The minimum absolute atomic E-state index is 0.149. The van der Waals surface area contributed by atoms with Crippen LogP contribution in [0.2, 0.25) is 0 Å². The van der Waals surface area contributed by atoms with Crippen LogP contribution in [0.15, 0.2) is 71.8 Å². The maximum absolute atomic E-state index is 12.5. The zero-order valence-corrected chi connectivity index (χ0v) is 12.4. The maximum atomic E-state index is 12.5. The van der Waals surface area contributed by atoms with Crippen molar-refractivity contribution in [2.45, 2.75) is 13.5 Å².